The van der Waals surface area contributed by atoms with E-state index in [-0.39, 0.29) is 18.4 Å². The summed E-state index contributed by atoms with van der Waals surface area (Å²) in [5.74, 6) is -0.114. The van der Waals surface area contributed by atoms with Crippen molar-refractivity contribution in [3.63, 3.8) is 0 Å². The van der Waals surface area contributed by atoms with Gasteiger partial charge in [0.15, 0.2) is 0 Å². The first-order chi connectivity index (χ1) is 8.79. The average Bonchev–Trinajstić information content (AvgIpc) is 2.66. The monoisotopic (exact) mass is 272 g/mol. The number of amides is 1. The molecule has 6 heteroatoms. The van der Waals surface area contributed by atoms with Gasteiger partial charge in [-0.05, 0) is 24.6 Å². The number of alkyl halides is 3. The molecule has 1 aromatic carbocycles. The smallest absolute Gasteiger partial charge is 0.334 e. The number of nitrogens with two attached hydrogens (primary N) is 1. The van der Waals surface area contributed by atoms with Crippen molar-refractivity contribution in [2.24, 2.45) is 5.73 Å². The van der Waals surface area contributed by atoms with E-state index >= 15 is 0 Å². The summed E-state index contributed by atoms with van der Waals surface area (Å²) < 4.78 is 37.9. The van der Waals surface area contributed by atoms with Crippen molar-refractivity contribution in [3.8, 4) is 0 Å². The molecule has 0 aliphatic carbocycles. The molecule has 19 heavy (non-hydrogen) atoms. The molecule has 2 N–H and O–H groups in total. The Morgan fingerprint density at radius 3 is 2.63 bits per heavy atom. The molecule has 1 aromatic rings. The second-order valence-corrected chi connectivity index (χ2v) is 4.81. The van der Waals surface area contributed by atoms with Crippen molar-refractivity contribution in [3.05, 3.63) is 35.4 Å². The third-order valence-electron chi connectivity index (χ3n) is 3.35. The molecule has 3 nitrogen and oxygen atoms in total. The number of carbonyl (C=O) groups is 1. The molecule has 0 radical (unpaired) electrons. The lowest BCUT2D eigenvalue weighted by atomic mass is 10.0. The minimum Gasteiger partial charge on any atom is -0.334 e. The van der Waals surface area contributed by atoms with Crippen LogP contribution in [-0.2, 0) is 11.0 Å². The molecule has 0 bridgehead atoms. The third kappa shape index (κ3) is 2.89. The molecule has 0 saturated carbocycles. The lowest BCUT2D eigenvalue weighted by Gasteiger charge is -2.25. The van der Waals surface area contributed by atoms with Crippen LogP contribution in [0, 0.1) is 0 Å². The molecule has 1 amide bonds. The van der Waals surface area contributed by atoms with Gasteiger partial charge >= 0.3 is 6.18 Å². The summed E-state index contributed by atoms with van der Waals surface area (Å²) in [6.45, 7) is 2.10. The Kier molecular flexibility index (Phi) is 3.54. The topological polar surface area (TPSA) is 46.3 Å². The highest BCUT2D eigenvalue weighted by molar-refractivity contribution is 5.79. The van der Waals surface area contributed by atoms with Gasteiger partial charge in [-0.2, -0.15) is 13.2 Å². The minimum absolute atomic E-state index is 0.114. The predicted octanol–water partition coefficient (Wildman–Crippen LogP) is 2.33. The zero-order valence-electron chi connectivity index (χ0n) is 10.4. The molecule has 1 heterocycles. The van der Waals surface area contributed by atoms with Gasteiger partial charge in [-0.3, -0.25) is 4.79 Å². The fourth-order valence-electron chi connectivity index (χ4n) is 2.29. The normalized spacial score (nSPS) is 21.8. The van der Waals surface area contributed by atoms with E-state index < -0.39 is 17.8 Å². The third-order valence-corrected chi connectivity index (χ3v) is 3.35. The lowest BCUT2D eigenvalue weighted by Crippen LogP contribution is -2.31. The first-order valence-corrected chi connectivity index (χ1v) is 6.01. The van der Waals surface area contributed by atoms with Crippen LogP contribution in [0.3, 0.4) is 0 Å². The summed E-state index contributed by atoms with van der Waals surface area (Å²) in [4.78, 5) is 13.2. The molecule has 2 unspecified atom stereocenters. The van der Waals surface area contributed by atoms with Crippen LogP contribution in [-0.4, -0.2) is 23.4 Å². The summed E-state index contributed by atoms with van der Waals surface area (Å²) in [5.41, 5.74) is 5.46. The Labute approximate surface area is 109 Å². The molecule has 2 atom stereocenters. The molecule has 0 aromatic heterocycles. The number of hydrogen-bond acceptors (Lipinski definition) is 2. The highest BCUT2D eigenvalue weighted by Gasteiger charge is 2.33. The second-order valence-electron chi connectivity index (χ2n) is 4.81. The van der Waals surface area contributed by atoms with Gasteiger partial charge in [0, 0.05) is 19.0 Å². The van der Waals surface area contributed by atoms with E-state index in [9.17, 15) is 18.0 Å². The van der Waals surface area contributed by atoms with E-state index in [0.717, 1.165) is 12.1 Å². The number of hydrogen-bond donors (Lipinski definition) is 1. The number of rotatable bonds is 2. The van der Waals surface area contributed by atoms with Gasteiger partial charge in [-0.15, -0.1) is 0 Å². The summed E-state index contributed by atoms with van der Waals surface area (Å²) in [6, 6.07) is 4.42. The van der Waals surface area contributed by atoms with Crippen LogP contribution in [0.15, 0.2) is 24.3 Å². The number of benzene rings is 1. The van der Waals surface area contributed by atoms with Gasteiger partial charge in [0.2, 0.25) is 5.91 Å². The second kappa shape index (κ2) is 4.85. The summed E-state index contributed by atoms with van der Waals surface area (Å²) in [7, 11) is 0. The average molecular weight is 272 g/mol. The van der Waals surface area contributed by atoms with Crippen molar-refractivity contribution in [1.29, 1.82) is 0 Å². The van der Waals surface area contributed by atoms with Crippen LogP contribution >= 0.6 is 0 Å². The Hall–Kier alpha value is -1.56. The molecule has 1 saturated heterocycles. The quantitative estimate of drug-likeness (QED) is 0.898. The van der Waals surface area contributed by atoms with Gasteiger partial charge in [0.1, 0.15) is 0 Å². The van der Waals surface area contributed by atoms with Gasteiger partial charge in [0.05, 0.1) is 11.6 Å². The van der Waals surface area contributed by atoms with Gasteiger partial charge in [-0.25, -0.2) is 0 Å². The number of halogens is 3. The minimum atomic E-state index is -4.37. The van der Waals surface area contributed by atoms with Crippen molar-refractivity contribution in [2.45, 2.75) is 31.6 Å². The zero-order valence-corrected chi connectivity index (χ0v) is 10.4. The molecule has 1 aliphatic rings. The number of likely N-dealkylation sites (tertiary alicyclic amines) is 1. The maximum Gasteiger partial charge on any atom is 0.416 e. The SMILES string of the molecule is CC(c1cccc(C(F)(F)F)c1)N1CC(N)CC1=O. The van der Waals surface area contributed by atoms with E-state index in [1.807, 2.05) is 0 Å². The Morgan fingerprint density at radius 1 is 1.42 bits per heavy atom. The van der Waals surface area contributed by atoms with Crippen LogP contribution < -0.4 is 5.73 Å². The van der Waals surface area contributed by atoms with Crippen molar-refractivity contribution < 1.29 is 18.0 Å². The molecular weight excluding hydrogens is 257 g/mol. The Bertz CT molecular complexity index is 487. The molecular formula is C13H15F3N2O. The number of carbonyl (C=O) groups excluding carboxylic acids is 1. The van der Waals surface area contributed by atoms with Gasteiger partial charge < -0.3 is 10.6 Å². The summed E-state index contributed by atoms with van der Waals surface area (Å²) >= 11 is 0. The Morgan fingerprint density at radius 2 is 2.11 bits per heavy atom. The van der Waals surface area contributed by atoms with Crippen molar-refractivity contribution in [1.82, 2.24) is 4.90 Å². The first-order valence-electron chi connectivity index (χ1n) is 6.01. The van der Waals surface area contributed by atoms with Crippen LogP contribution in [0.4, 0.5) is 13.2 Å². The fourth-order valence-corrected chi connectivity index (χ4v) is 2.29. The zero-order chi connectivity index (χ0) is 14.2. The highest BCUT2D eigenvalue weighted by atomic mass is 19.4. The van der Waals surface area contributed by atoms with Crippen molar-refractivity contribution in [2.75, 3.05) is 6.54 Å². The highest BCUT2D eigenvalue weighted by Crippen LogP contribution is 2.32. The van der Waals surface area contributed by atoms with E-state index in [1.54, 1.807) is 13.0 Å². The standard InChI is InChI=1S/C13H15F3N2O/c1-8(18-7-11(17)6-12(18)19)9-3-2-4-10(5-9)13(14,15)16/h2-5,8,11H,6-7,17H2,1H3. The van der Waals surface area contributed by atoms with Gasteiger partial charge in [0.25, 0.3) is 0 Å². The van der Waals surface area contributed by atoms with E-state index in [1.165, 1.54) is 11.0 Å². The lowest BCUT2D eigenvalue weighted by molar-refractivity contribution is -0.137. The van der Waals surface area contributed by atoms with E-state index in [2.05, 4.69) is 0 Å². The number of nitrogens with zero attached hydrogens (tertiary/aromatic N) is 1. The summed E-state index contributed by atoms with van der Waals surface area (Å²) in [5, 5.41) is 0. The molecule has 0 spiro atoms. The first kappa shape index (κ1) is 13.9. The maximum atomic E-state index is 12.6. The van der Waals surface area contributed by atoms with Crippen molar-refractivity contribution >= 4 is 5.91 Å². The summed E-state index contributed by atoms with van der Waals surface area (Å²) in [6.07, 6.45) is -4.12. The van der Waals surface area contributed by atoms with Gasteiger partial charge in [-0.1, -0.05) is 12.1 Å². The molecule has 2 rings (SSSR count). The van der Waals surface area contributed by atoms with Crippen LogP contribution in [0.5, 0.6) is 0 Å². The van der Waals surface area contributed by atoms with Crippen LogP contribution in [0.2, 0.25) is 0 Å². The molecule has 1 aliphatic heterocycles. The molecule has 1 fully saturated rings. The Balaban J connectivity index is 2.25. The van der Waals surface area contributed by atoms with E-state index in [4.69, 9.17) is 5.73 Å². The predicted molar refractivity (Wildman–Crippen MR) is 64.2 cm³/mol. The largest absolute Gasteiger partial charge is 0.416 e. The van der Waals surface area contributed by atoms with Crippen LogP contribution in [0.25, 0.3) is 0 Å². The van der Waals surface area contributed by atoms with E-state index in [0.29, 0.717) is 12.1 Å². The fraction of sp³-hybridized carbons (Fsp3) is 0.462. The maximum absolute atomic E-state index is 12.6. The van der Waals surface area contributed by atoms with Crippen LogP contribution in [0.1, 0.15) is 30.5 Å². The molecule has 104 valence electrons.